The first kappa shape index (κ1) is 24.2. The lowest BCUT2D eigenvalue weighted by molar-refractivity contribution is 0.0522. The van der Waals surface area contributed by atoms with Crippen LogP contribution < -0.4 is 15.0 Å². The van der Waals surface area contributed by atoms with E-state index in [2.05, 4.69) is 0 Å². The molecule has 2 fully saturated rings. The lowest BCUT2D eigenvalue weighted by Gasteiger charge is -2.34. The largest absolute Gasteiger partial charge is 0.492 e. The Kier molecular flexibility index (Phi) is 7.05. The Hall–Kier alpha value is -2.55. The molecule has 0 amide bonds. The predicted molar refractivity (Wildman–Crippen MR) is 130 cm³/mol. The van der Waals surface area contributed by atoms with Crippen molar-refractivity contribution in [2.75, 3.05) is 40.1 Å². The molecule has 2 atom stereocenters. The quantitative estimate of drug-likeness (QED) is 0.366. The van der Waals surface area contributed by atoms with Crippen molar-refractivity contribution in [2.24, 2.45) is 5.92 Å². The molecule has 2 unspecified atom stereocenters. The summed E-state index contributed by atoms with van der Waals surface area (Å²) in [4.78, 5) is 26.3. The monoisotopic (exact) mass is 503 g/mol. The summed E-state index contributed by atoms with van der Waals surface area (Å²) in [5.74, 6) is 0.608. The Bertz CT molecular complexity index is 1170. The minimum atomic E-state index is -0.611. The number of fused-ring (bicyclic) bond motifs is 3. The van der Waals surface area contributed by atoms with Gasteiger partial charge in [0.15, 0.2) is 0 Å². The number of pyridine rings is 1. The zero-order valence-corrected chi connectivity index (χ0v) is 20.8. The molecule has 0 spiro atoms. The van der Waals surface area contributed by atoms with Gasteiger partial charge >= 0.3 is 5.97 Å². The molecule has 2 aliphatic heterocycles. The van der Waals surface area contributed by atoms with E-state index in [0.29, 0.717) is 42.9 Å². The lowest BCUT2D eigenvalue weighted by atomic mass is 9.88. The molecule has 0 bridgehead atoms. The summed E-state index contributed by atoms with van der Waals surface area (Å²) in [7, 11) is 1.65. The van der Waals surface area contributed by atoms with Crippen LogP contribution in [0, 0.1) is 5.92 Å². The normalized spacial score (nSPS) is 20.7. The molecule has 1 aromatic heterocycles. The number of methoxy groups -OCH3 is 1. The third-order valence-corrected chi connectivity index (χ3v) is 6.96. The van der Waals surface area contributed by atoms with Crippen LogP contribution in [0.4, 0.5) is 0 Å². The van der Waals surface area contributed by atoms with E-state index >= 15 is 0 Å². The molecular formula is C26H30ClNO7. The molecule has 2 aromatic rings. The first-order valence-corrected chi connectivity index (χ1v) is 12.6. The van der Waals surface area contributed by atoms with E-state index in [9.17, 15) is 9.59 Å². The lowest BCUT2D eigenvalue weighted by Crippen LogP contribution is -2.33. The van der Waals surface area contributed by atoms with Gasteiger partial charge in [0.05, 0.1) is 30.5 Å². The van der Waals surface area contributed by atoms with Gasteiger partial charge in [-0.3, -0.25) is 4.79 Å². The first-order valence-electron chi connectivity index (χ1n) is 12.2. The number of aromatic nitrogens is 1. The van der Waals surface area contributed by atoms with Crippen LogP contribution in [0.15, 0.2) is 23.0 Å². The zero-order chi connectivity index (χ0) is 24.5. The number of benzene rings is 1. The highest BCUT2D eigenvalue weighted by molar-refractivity contribution is 6.32. The maximum atomic E-state index is 13.6. The molecule has 0 radical (unpaired) electrons. The molecule has 5 rings (SSSR count). The molecule has 188 valence electrons. The Morgan fingerprint density at radius 2 is 2.03 bits per heavy atom. The van der Waals surface area contributed by atoms with Gasteiger partial charge in [0.2, 0.25) is 0 Å². The average Bonchev–Trinajstić information content (AvgIpc) is 3.53. The Morgan fingerprint density at radius 1 is 1.20 bits per heavy atom. The third kappa shape index (κ3) is 4.67. The smallest absolute Gasteiger partial charge is 0.343 e. The van der Waals surface area contributed by atoms with Gasteiger partial charge in [0, 0.05) is 55.9 Å². The molecule has 9 heteroatoms. The van der Waals surface area contributed by atoms with E-state index < -0.39 is 5.97 Å². The second kappa shape index (κ2) is 10.2. The van der Waals surface area contributed by atoms with E-state index in [1.165, 1.54) is 0 Å². The fourth-order valence-corrected chi connectivity index (χ4v) is 5.07. The number of nitrogens with zero attached hydrogens (tertiary/aromatic N) is 1. The van der Waals surface area contributed by atoms with Crippen molar-refractivity contribution >= 4 is 17.6 Å². The second-order valence-corrected chi connectivity index (χ2v) is 9.53. The molecule has 8 nitrogen and oxygen atoms in total. The summed E-state index contributed by atoms with van der Waals surface area (Å²) >= 11 is 6.62. The molecular weight excluding hydrogens is 474 g/mol. The predicted octanol–water partition coefficient (Wildman–Crippen LogP) is 4.57. The van der Waals surface area contributed by atoms with Crippen LogP contribution in [-0.4, -0.2) is 50.7 Å². The van der Waals surface area contributed by atoms with Gasteiger partial charge < -0.3 is 28.3 Å². The van der Waals surface area contributed by atoms with Crippen molar-refractivity contribution in [1.29, 1.82) is 0 Å². The molecule has 1 saturated heterocycles. The number of esters is 1. The van der Waals surface area contributed by atoms with Gasteiger partial charge in [0.25, 0.3) is 5.56 Å². The summed E-state index contributed by atoms with van der Waals surface area (Å²) in [6.07, 6.45) is 2.93. The van der Waals surface area contributed by atoms with Gasteiger partial charge in [-0.2, -0.15) is 0 Å². The Morgan fingerprint density at radius 3 is 2.71 bits per heavy atom. The molecule has 1 aliphatic carbocycles. The standard InChI is InChI=1S/C26H30ClNO7/c1-3-33-26(30)19-11-18-23(28(25(19)29)16-5-6-16)17-12-20(27)22(34-9-4-8-31-2)13-21(17)35-24(18)15-7-10-32-14-15/h11-13,15-16,24H,3-10,14H2,1-2H3. The number of carbonyl (C=O) groups is 1. The van der Waals surface area contributed by atoms with E-state index in [-0.39, 0.29) is 35.8 Å². The van der Waals surface area contributed by atoms with Crippen LogP contribution in [0.3, 0.4) is 0 Å². The number of halogens is 1. The van der Waals surface area contributed by atoms with Gasteiger partial charge in [0.1, 0.15) is 23.2 Å². The number of hydrogen-bond acceptors (Lipinski definition) is 7. The molecule has 1 aromatic carbocycles. The summed E-state index contributed by atoms with van der Waals surface area (Å²) in [5.41, 5.74) is 1.99. The highest BCUT2D eigenvalue weighted by Gasteiger charge is 2.40. The van der Waals surface area contributed by atoms with Gasteiger partial charge in [-0.1, -0.05) is 11.6 Å². The second-order valence-electron chi connectivity index (χ2n) is 9.12. The number of hydrogen-bond donors (Lipinski definition) is 0. The van der Waals surface area contributed by atoms with Crippen LogP contribution in [-0.2, 0) is 14.2 Å². The number of carbonyl (C=O) groups excluding carboxylic acids is 1. The van der Waals surface area contributed by atoms with Crippen LogP contribution in [0.25, 0.3) is 11.3 Å². The zero-order valence-electron chi connectivity index (χ0n) is 20.0. The Labute approximate surface area is 209 Å². The van der Waals surface area contributed by atoms with Crippen molar-refractivity contribution in [1.82, 2.24) is 4.57 Å². The molecule has 35 heavy (non-hydrogen) atoms. The number of rotatable bonds is 9. The molecule has 0 N–H and O–H groups in total. The maximum Gasteiger partial charge on any atom is 0.343 e. The fraction of sp³-hybridized carbons (Fsp3) is 0.538. The summed E-state index contributed by atoms with van der Waals surface area (Å²) in [6, 6.07) is 5.28. The summed E-state index contributed by atoms with van der Waals surface area (Å²) in [5, 5.41) is 0.433. The van der Waals surface area contributed by atoms with Gasteiger partial charge in [-0.25, -0.2) is 4.79 Å². The first-order chi connectivity index (χ1) is 17.0. The summed E-state index contributed by atoms with van der Waals surface area (Å²) in [6.45, 7) is 4.16. The minimum absolute atomic E-state index is 0.0285. The van der Waals surface area contributed by atoms with Crippen LogP contribution in [0.5, 0.6) is 11.5 Å². The van der Waals surface area contributed by atoms with Gasteiger partial charge in [-0.05, 0) is 38.3 Å². The topological polar surface area (TPSA) is 85.2 Å². The van der Waals surface area contributed by atoms with Crippen molar-refractivity contribution < 1.29 is 28.5 Å². The average molecular weight is 504 g/mol. The molecule has 3 heterocycles. The van der Waals surface area contributed by atoms with Crippen LogP contribution in [0.1, 0.15) is 60.7 Å². The maximum absolute atomic E-state index is 13.6. The van der Waals surface area contributed by atoms with Crippen molar-refractivity contribution in [2.45, 2.75) is 44.8 Å². The van der Waals surface area contributed by atoms with E-state index in [1.807, 2.05) is 0 Å². The van der Waals surface area contributed by atoms with E-state index in [4.69, 9.17) is 35.3 Å². The number of ether oxygens (including phenoxy) is 5. The Balaban J connectivity index is 1.65. The molecule has 3 aliphatic rings. The highest BCUT2D eigenvalue weighted by atomic mass is 35.5. The van der Waals surface area contributed by atoms with Crippen molar-refractivity contribution in [3.63, 3.8) is 0 Å². The van der Waals surface area contributed by atoms with Crippen LogP contribution >= 0.6 is 11.6 Å². The van der Waals surface area contributed by atoms with Crippen molar-refractivity contribution in [3.05, 3.63) is 44.7 Å². The summed E-state index contributed by atoms with van der Waals surface area (Å²) < 4.78 is 30.2. The minimum Gasteiger partial charge on any atom is -0.492 e. The third-order valence-electron chi connectivity index (χ3n) is 6.66. The van der Waals surface area contributed by atoms with Crippen LogP contribution in [0.2, 0.25) is 5.02 Å². The van der Waals surface area contributed by atoms with Gasteiger partial charge in [-0.15, -0.1) is 0 Å². The van der Waals surface area contributed by atoms with E-state index in [0.717, 1.165) is 42.5 Å². The fourth-order valence-electron chi connectivity index (χ4n) is 4.85. The SMILES string of the molecule is CCOC(=O)c1cc2c(n(C3CC3)c1=O)-c1cc(Cl)c(OCCCOC)cc1OC2C1CCOC1. The van der Waals surface area contributed by atoms with E-state index in [1.54, 1.807) is 36.8 Å². The van der Waals surface area contributed by atoms with Crippen molar-refractivity contribution in [3.8, 4) is 22.8 Å². The molecule has 1 saturated carbocycles. The highest BCUT2D eigenvalue weighted by Crippen LogP contribution is 2.51.